The summed E-state index contributed by atoms with van der Waals surface area (Å²) in [6.45, 7) is 1.33. The minimum absolute atomic E-state index is 0. The van der Waals surface area contributed by atoms with E-state index in [-0.39, 0.29) is 53.0 Å². The standard InChI is InChI=1S/C17H19ClN4O4S.ClH/c18-13-9-14(17(20)23)16(19)21(11-13)10-12-3-1-2-4-15(12)27(24,25)22-5-7-26-8-6-22;/h1-4,9,11,19H,5-8,10H2,(H2,20,23);1H. The number of hydrogen-bond acceptors (Lipinski definition) is 5. The molecule has 2 heterocycles. The molecular formula is C17H20Cl2N4O4S. The van der Waals surface area contributed by atoms with Gasteiger partial charge in [-0.05, 0) is 17.7 Å². The Morgan fingerprint density at radius 2 is 1.89 bits per heavy atom. The third-order valence-electron chi connectivity index (χ3n) is 4.27. The number of rotatable bonds is 5. The molecular weight excluding hydrogens is 427 g/mol. The van der Waals surface area contributed by atoms with Crippen LogP contribution in [0.1, 0.15) is 15.9 Å². The van der Waals surface area contributed by atoms with Gasteiger partial charge < -0.3 is 15.0 Å². The zero-order chi connectivity index (χ0) is 19.6. The van der Waals surface area contributed by atoms with Gasteiger partial charge in [0, 0.05) is 19.3 Å². The van der Waals surface area contributed by atoms with Gasteiger partial charge in [-0.15, -0.1) is 12.4 Å². The van der Waals surface area contributed by atoms with Crippen molar-refractivity contribution in [1.82, 2.24) is 8.87 Å². The summed E-state index contributed by atoms with van der Waals surface area (Å²) in [5.41, 5.74) is 5.62. The minimum atomic E-state index is -3.71. The van der Waals surface area contributed by atoms with Crippen molar-refractivity contribution in [1.29, 1.82) is 5.41 Å². The maximum Gasteiger partial charge on any atom is 0.252 e. The highest BCUT2D eigenvalue weighted by atomic mass is 35.5. The molecule has 3 rings (SSSR count). The molecule has 2 aromatic rings. The molecule has 0 aliphatic carbocycles. The summed E-state index contributed by atoms with van der Waals surface area (Å²) < 4.78 is 34.1. The molecule has 1 aromatic carbocycles. The Balaban J connectivity index is 0.00000280. The highest BCUT2D eigenvalue weighted by molar-refractivity contribution is 7.89. The van der Waals surface area contributed by atoms with E-state index in [0.717, 1.165) is 0 Å². The molecule has 0 radical (unpaired) electrons. The van der Waals surface area contributed by atoms with Crippen LogP contribution in [0.25, 0.3) is 0 Å². The number of nitrogens with one attached hydrogen (secondary N) is 1. The van der Waals surface area contributed by atoms with Crippen molar-refractivity contribution < 1.29 is 17.9 Å². The van der Waals surface area contributed by atoms with E-state index in [1.807, 2.05) is 0 Å². The largest absolute Gasteiger partial charge is 0.379 e. The van der Waals surface area contributed by atoms with Crippen LogP contribution in [-0.2, 0) is 21.3 Å². The highest BCUT2D eigenvalue weighted by Gasteiger charge is 2.28. The number of benzene rings is 1. The predicted molar refractivity (Wildman–Crippen MR) is 106 cm³/mol. The second-order valence-electron chi connectivity index (χ2n) is 6.04. The van der Waals surface area contributed by atoms with E-state index in [4.69, 9.17) is 27.5 Å². The van der Waals surface area contributed by atoms with Crippen LogP contribution in [0, 0.1) is 5.41 Å². The molecule has 0 saturated carbocycles. The van der Waals surface area contributed by atoms with Crippen LogP contribution in [0.3, 0.4) is 0 Å². The van der Waals surface area contributed by atoms with Gasteiger partial charge in [-0.1, -0.05) is 29.8 Å². The van der Waals surface area contributed by atoms with Crippen LogP contribution < -0.4 is 11.2 Å². The summed E-state index contributed by atoms with van der Waals surface area (Å²) in [7, 11) is -3.71. The predicted octanol–water partition coefficient (Wildman–Crippen LogP) is 1.21. The number of hydrogen-bond donors (Lipinski definition) is 2. The zero-order valence-corrected chi connectivity index (χ0v) is 17.2. The summed E-state index contributed by atoms with van der Waals surface area (Å²) in [5, 5.41) is 8.40. The first-order valence-corrected chi connectivity index (χ1v) is 10.0. The summed E-state index contributed by atoms with van der Waals surface area (Å²) in [6.07, 6.45) is 1.47. The van der Waals surface area contributed by atoms with Crippen molar-refractivity contribution in [3.8, 4) is 0 Å². The normalized spacial score (nSPS) is 15.0. The Hall–Kier alpha value is -1.91. The van der Waals surface area contributed by atoms with E-state index in [9.17, 15) is 13.2 Å². The van der Waals surface area contributed by atoms with Crippen LogP contribution in [0.2, 0.25) is 5.02 Å². The van der Waals surface area contributed by atoms with Gasteiger partial charge in [-0.2, -0.15) is 4.31 Å². The molecule has 0 bridgehead atoms. The number of morpholine rings is 1. The maximum atomic E-state index is 13.0. The SMILES string of the molecule is Cl.N=c1c(C(N)=O)cc(Cl)cn1Cc1ccccc1S(=O)(=O)N1CCOCC1. The fraction of sp³-hybridized carbons (Fsp3) is 0.294. The van der Waals surface area contributed by atoms with Crippen molar-refractivity contribution in [3.63, 3.8) is 0 Å². The molecule has 1 saturated heterocycles. The van der Waals surface area contributed by atoms with Crippen molar-refractivity contribution in [3.05, 3.63) is 58.2 Å². The van der Waals surface area contributed by atoms with Gasteiger partial charge in [0.15, 0.2) is 0 Å². The fourth-order valence-electron chi connectivity index (χ4n) is 2.92. The van der Waals surface area contributed by atoms with Gasteiger partial charge in [0.2, 0.25) is 10.0 Å². The molecule has 11 heteroatoms. The lowest BCUT2D eigenvalue weighted by atomic mass is 10.2. The maximum absolute atomic E-state index is 13.0. The number of sulfonamides is 1. The second-order valence-corrected chi connectivity index (χ2v) is 8.38. The average molecular weight is 447 g/mol. The molecule has 3 N–H and O–H groups in total. The monoisotopic (exact) mass is 446 g/mol. The molecule has 0 spiro atoms. The number of primary amides is 1. The van der Waals surface area contributed by atoms with Crippen molar-refractivity contribution in [2.24, 2.45) is 5.73 Å². The number of halogens is 2. The van der Waals surface area contributed by atoms with Crippen molar-refractivity contribution in [2.45, 2.75) is 11.4 Å². The number of carbonyl (C=O) groups is 1. The zero-order valence-electron chi connectivity index (χ0n) is 14.8. The number of aromatic nitrogens is 1. The molecule has 152 valence electrons. The van der Waals surface area contributed by atoms with E-state index in [2.05, 4.69) is 0 Å². The van der Waals surface area contributed by atoms with Crippen LogP contribution in [0.15, 0.2) is 41.4 Å². The van der Waals surface area contributed by atoms with Crippen LogP contribution in [0.4, 0.5) is 0 Å². The lowest BCUT2D eigenvalue weighted by Gasteiger charge is -2.27. The molecule has 28 heavy (non-hydrogen) atoms. The molecule has 1 aliphatic rings. The lowest BCUT2D eigenvalue weighted by molar-refractivity contribution is 0.0730. The van der Waals surface area contributed by atoms with Gasteiger partial charge >= 0.3 is 0 Å². The van der Waals surface area contributed by atoms with E-state index in [1.54, 1.807) is 18.2 Å². The van der Waals surface area contributed by atoms with E-state index >= 15 is 0 Å². The number of carbonyl (C=O) groups excluding carboxylic acids is 1. The molecule has 1 aromatic heterocycles. The topological polar surface area (TPSA) is 118 Å². The summed E-state index contributed by atoms with van der Waals surface area (Å²) >= 11 is 6.03. The quantitative estimate of drug-likeness (QED) is 0.716. The second kappa shape index (κ2) is 9.06. The molecule has 0 unspecified atom stereocenters. The third-order valence-corrected chi connectivity index (χ3v) is 6.48. The molecule has 1 aliphatic heterocycles. The first-order chi connectivity index (χ1) is 12.8. The smallest absolute Gasteiger partial charge is 0.252 e. The number of ether oxygens (including phenoxy) is 1. The van der Waals surface area contributed by atoms with Crippen LogP contribution >= 0.6 is 24.0 Å². The summed E-state index contributed by atoms with van der Waals surface area (Å²) in [4.78, 5) is 11.7. The van der Waals surface area contributed by atoms with Crippen molar-refractivity contribution >= 4 is 39.9 Å². The number of nitrogens with zero attached hydrogens (tertiary/aromatic N) is 2. The Morgan fingerprint density at radius 3 is 2.54 bits per heavy atom. The van der Waals surface area contributed by atoms with Gasteiger partial charge in [0.05, 0.1) is 35.2 Å². The first kappa shape index (κ1) is 22.4. The number of pyridine rings is 1. The molecule has 1 fully saturated rings. The molecule has 1 amide bonds. The number of amides is 1. The number of nitrogens with two attached hydrogens (primary N) is 1. The minimum Gasteiger partial charge on any atom is -0.379 e. The third kappa shape index (κ3) is 4.56. The van der Waals surface area contributed by atoms with Crippen LogP contribution in [0.5, 0.6) is 0 Å². The Labute approximate surface area is 173 Å². The van der Waals surface area contributed by atoms with E-state index in [1.165, 1.54) is 27.2 Å². The summed E-state index contributed by atoms with van der Waals surface area (Å²) in [5.74, 6) is -0.773. The Bertz CT molecular complexity index is 1030. The average Bonchev–Trinajstić information content (AvgIpc) is 2.65. The fourth-order valence-corrected chi connectivity index (χ4v) is 4.77. The van der Waals surface area contributed by atoms with Gasteiger partial charge in [0.25, 0.3) is 5.91 Å². The Kier molecular flexibility index (Phi) is 7.24. The first-order valence-electron chi connectivity index (χ1n) is 8.21. The van der Waals surface area contributed by atoms with Crippen molar-refractivity contribution in [2.75, 3.05) is 26.3 Å². The highest BCUT2D eigenvalue weighted by Crippen LogP contribution is 2.22. The van der Waals surface area contributed by atoms with E-state index < -0.39 is 15.9 Å². The van der Waals surface area contributed by atoms with Gasteiger partial charge in [-0.3, -0.25) is 10.2 Å². The molecule has 0 atom stereocenters. The van der Waals surface area contributed by atoms with Gasteiger partial charge in [-0.25, -0.2) is 8.42 Å². The van der Waals surface area contributed by atoms with Crippen LogP contribution in [-0.4, -0.2) is 49.5 Å². The summed E-state index contributed by atoms with van der Waals surface area (Å²) in [6, 6.07) is 7.89. The van der Waals surface area contributed by atoms with Gasteiger partial charge in [0.1, 0.15) is 5.49 Å². The Morgan fingerprint density at radius 1 is 1.25 bits per heavy atom. The van der Waals surface area contributed by atoms with E-state index in [0.29, 0.717) is 18.8 Å². The molecule has 8 nitrogen and oxygen atoms in total. The lowest BCUT2D eigenvalue weighted by Crippen LogP contribution is -2.41.